The molecule has 0 bridgehead atoms. The van der Waals surface area contributed by atoms with Gasteiger partial charge in [0.15, 0.2) is 17.1 Å². The number of carbonyl (C=O) groups is 1. The predicted molar refractivity (Wildman–Crippen MR) is 111 cm³/mol. The van der Waals surface area contributed by atoms with E-state index >= 15 is 0 Å². The molecular weight excluding hydrogens is 354 g/mol. The molecule has 1 N–H and O–H groups in total. The van der Waals surface area contributed by atoms with Crippen LogP contribution >= 0.6 is 0 Å². The molecule has 1 amide bonds. The van der Waals surface area contributed by atoms with Crippen molar-refractivity contribution in [2.24, 2.45) is 5.92 Å². The highest BCUT2D eigenvalue weighted by Crippen LogP contribution is 2.29. The molecule has 5 heteroatoms. The van der Waals surface area contributed by atoms with Crippen molar-refractivity contribution in [2.45, 2.75) is 39.3 Å². The molecule has 2 rings (SSSR count). The fourth-order valence-corrected chi connectivity index (χ4v) is 2.79. The van der Waals surface area contributed by atoms with E-state index in [2.05, 4.69) is 19.2 Å². The Kier molecular flexibility index (Phi) is 7.88. The third-order valence-electron chi connectivity index (χ3n) is 4.80. The van der Waals surface area contributed by atoms with E-state index in [-0.39, 0.29) is 5.91 Å². The van der Waals surface area contributed by atoms with Crippen molar-refractivity contribution in [2.75, 3.05) is 20.8 Å². The van der Waals surface area contributed by atoms with Gasteiger partial charge in [0.2, 0.25) is 0 Å². The normalized spacial score (nSPS) is 13.1. The first-order valence-electron chi connectivity index (χ1n) is 9.59. The molecule has 0 aliphatic heterocycles. The topological polar surface area (TPSA) is 56.8 Å². The predicted octanol–water partition coefficient (Wildman–Crippen LogP) is 4.30. The highest BCUT2D eigenvalue weighted by Gasteiger charge is 2.34. The minimum absolute atomic E-state index is 0.197. The van der Waals surface area contributed by atoms with E-state index in [0.29, 0.717) is 30.6 Å². The Morgan fingerprint density at radius 1 is 1.07 bits per heavy atom. The van der Waals surface area contributed by atoms with Gasteiger partial charge in [-0.1, -0.05) is 50.2 Å². The number of carbonyl (C=O) groups excluding carboxylic acids is 1. The summed E-state index contributed by atoms with van der Waals surface area (Å²) in [5, 5.41) is 2.96. The molecule has 0 fully saturated rings. The Hall–Kier alpha value is -2.53. The summed E-state index contributed by atoms with van der Waals surface area (Å²) in [6.07, 6.45) is 0.982. The molecule has 0 aliphatic carbocycles. The van der Waals surface area contributed by atoms with Crippen LogP contribution in [0.4, 0.5) is 0 Å². The van der Waals surface area contributed by atoms with E-state index in [9.17, 15) is 4.79 Å². The second-order valence-corrected chi connectivity index (χ2v) is 7.30. The molecule has 0 saturated heterocycles. The maximum Gasteiger partial charge on any atom is 0.256 e. The molecule has 0 aromatic heterocycles. The molecule has 2 aromatic rings. The Balaban J connectivity index is 2.04. The number of ether oxygens (including phenoxy) is 3. The summed E-state index contributed by atoms with van der Waals surface area (Å²) in [5.74, 6) is 1.76. The molecule has 0 saturated carbocycles. The summed E-state index contributed by atoms with van der Waals surface area (Å²) < 4.78 is 16.8. The fourth-order valence-electron chi connectivity index (χ4n) is 2.79. The van der Waals surface area contributed by atoms with Crippen LogP contribution in [0.3, 0.4) is 0 Å². The van der Waals surface area contributed by atoms with Crippen LogP contribution in [0.15, 0.2) is 48.5 Å². The van der Waals surface area contributed by atoms with Crippen LogP contribution < -0.4 is 14.8 Å². The second kappa shape index (κ2) is 10.1. The quantitative estimate of drug-likeness (QED) is 0.663. The number of methoxy groups -OCH3 is 2. The third kappa shape index (κ3) is 5.49. The lowest BCUT2D eigenvalue weighted by atomic mass is 9.94. The molecule has 0 radical (unpaired) electrons. The van der Waals surface area contributed by atoms with Crippen LogP contribution in [-0.4, -0.2) is 26.7 Å². The first-order chi connectivity index (χ1) is 13.4. The van der Waals surface area contributed by atoms with Gasteiger partial charge in [-0.2, -0.15) is 0 Å². The van der Waals surface area contributed by atoms with Crippen LogP contribution in [0.1, 0.15) is 38.3 Å². The van der Waals surface area contributed by atoms with E-state index in [1.807, 2.05) is 48.5 Å². The molecular formula is C23H31NO4. The van der Waals surface area contributed by atoms with Crippen molar-refractivity contribution < 1.29 is 19.0 Å². The second-order valence-electron chi connectivity index (χ2n) is 7.30. The summed E-state index contributed by atoms with van der Waals surface area (Å²) in [7, 11) is 3.16. The van der Waals surface area contributed by atoms with Crippen molar-refractivity contribution in [3.05, 3.63) is 59.7 Å². The van der Waals surface area contributed by atoms with Gasteiger partial charge in [0.25, 0.3) is 5.91 Å². The van der Waals surface area contributed by atoms with Crippen LogP contribution in [0.2, 0.25) is 0 Å². The first kappa shape index (κ1) is 21.8. The van der Waals surface area contributed by atoms with Crippen molar-refractivity contribution in [3.8, 4) is 11.5 Å². The number of hydrogen-bond donors (Lipinski definition) is 1. The van der Waals surface area contributed by atoms with Crippen LogP contribution in [0.5, 0.6) is 11.5 Å². The minimum atomic E-state index is -1.05. The van der Waals surface area contributed by atoms with Crippen LogP contribution in [0, 0.1) is 5.92 Å². The molecule has 2 aromatic carbocycles. The number of nitrogens with one attached hydrogen (secondary N) is 1. The molecule has 0 spiro atoms. The first-order valence-corrected chi connectivity index (χ1v) is 9.59. The smallest absolute Gasteiger partial charge is 0.256 e. The molecule has 5 nitrogen and oxygen atoms in total. The largest absolute Gasteiger partial charge is 0.493 e. The number of amides is 1. The summed E-state index contributed by atoms with van der Waals surface area (Å²) in [6, 6.07) is 15.2. The van der Waals surface area contributed by atoms with E-state index in [4.69, 9.17) is 14.2 Å². The van der Waals surface area contributed by atoms with Gasteiger partial charge in [0.05, 0.1) is 13.7 Å². The third-order valence-corrected chi connectivity index (χ3v) is 4.80. The lowest BCUT2D eigenvalue weighted by Gasteiger charge is -2.27. The Bertz CT molecular complexity index is 760. The highest BCUT2D eigenvalue weighted by atomic mass is 16.5. The van der Waals surface area contributed by atoms with Crippen molar-refractivity contribution in [3.63, 3.8) is 0 Å². The summed E-state index contributed by atoms with van der Waals surface area (Å²) >= 11 is 0. The molecule has 152 valence electrons. The SMILES string of the molecule is COc1cc(CNC(=O)C(C)(OC)c2ccccc2)ccc1OCCC(C)C. The van der Waals surface area contributed by atoms with Gasteiger partial charge >= 0.3 is 0 Å². The number of rotatable bonds is 10. The summed E-state index contributed by atoms with van der Waals surface area (Å²) in [4.78, 5) is 12.8. The average molecular weight is 386 g/mol. The standard InChI is InChI=1S/C23H31NO4/c1-17(2)13-14-28-20-12-11-18(15-21(20)26-4)16-24-22(25)23(3,27-5)19-9-7-6-8-10-19/h6-12,15,17H,13-14,16H2,1-5H3,(H,24,25). The van der Waals surface area contributed by atoms with Gasteiger partial charge in [-0.15, -0.1) is 0 Å². The Morgan fingerprint density at radius 2 is 1.79 bits per heavy atom. The molecule has 1 atom stereocenters. The summed E-state index contributed by atoms with van der Waals surface area (Å²) in [6.45, 7) is 7.11. The van der Waals surface area contributed by atoms with Crippen LogP contribution in [0.25, 0.3) is 0 Å². The van der Waals surface area contributed by atoms with Gasteiger partial charge in [0.1, 0.15) is 0 Å². The minimum Gasteiger partial charge on any atom is -0.493 e. The van der Waals surface area contributed by atoms with Gasteiger partial charge in [-0.3, -0.25) is 4.79 Å². The average Bonchev–Trinajstić information content (AvgIpc) is 2.72. The van der Waals surface area contributed by atoms with Crippen molar-refractivity contribution >= 4 is 5.91 Å². The Morgan fingerprint density at radius 3 is 2.39 bits per heavy atom. The van der Waals surface area contributed by atoms with Gasteiger partial charge in [-0.25, -0.2) is 0 Å². The lowest BCUT2D eigenvalue weighted by Crippen LogP contribution is -2.43. The number of benzene rings is 2. The van der Waals surface area contributed by atoms with Gasteiger partial charge in [0, 0.05) is 13.7 Å². The molecule has 1 unspecified atom stereocenters. The van der Waals surface area contributed by atoms with E-state index in [0.717, 1.165) is 17.5 Å². The maximum absolute atomic E-state index is 12.8. The van der Waals surface area contributed by atoms with E-state index < -0.39 is 5.60 Å². The highest BCUT2D eigenvalue weighted by molar-refractivity contribution is 5.86. The molecule has 0 heterocycles. The zero-order valence-corrected chi connectivity index (χ0v) is 17.5. The van der Waals surface area contributed by atoms with E-state index in [1.165, 1.54) is 0 Å². The summed E-state index contributed by atoms with van der Waals surface area (Å²) in [5.41, 5.74) is 0.681. The lowest BCUT2D eigenvalue weighted by molar-refractivity contribution is -0.142. The monoisotopic (exact) mass is 385 g/mol. The zero-order valence-electron chi connectivity index (χ0n) is 17.5. The zero-order chi connectivity index (χ0) is 20.6. The van der Waals surface area contributed by atoms with Crippen LogP contribution in [-0.2, 0) is 21.7 Å². The Labute approximate surface area is 168 Å². The van der Waals surface area contributed by atoms with E-state index in [1.54, 1.807) is 21.1 Å². The molecule has 0 aliphatic rings. The van der Waals surface area contributed by atoms with Gasteiger partial charge in [-0.05, 0) is 42.5 Å². The molecule has 28 heavy (non-hydrogen) atoms. The number of hydrogen-bond acceptors (Lipinski definition) is 4. The van der Waals surface area contributed by atoms with Crippen molar-refractivity contribution in [1.82, 2.24) is 5.32 Å². The maximum atomic E-state index is 12.8. The van der Waals surface area contributed by atoms with Gasteiger partial charge < -0.3 is 19.5 Å². The van der Waals surface area contributed by atoms with Crippen molar-refractivity contribution in [1.29, 1.82) is 0 Å². The fraction of sp³-hybridized carbons (Fsp3) is 0.435.